The van der Waals surface area contributed by atoms with Crippen LogP contribution in [-0.4, -0.2) is 29.6 Å². The van der Waals surface area contributed by atoms with Crippen molar-refractivity contribution in [2.75, 3.05) is 11.9 Å². The number of aryl methyl sites for hydroxylation is 1. The maximum Gasteiger partial charge on any atom is 0.255 e. The quantitative estimate of drug-likeness (QED) is 0.865. The Kier molecular flexibility index (Phi) is 6.28. The Labute approximate surface area is 149 Å². The first kappa shape index (κ1) is 18.8. The minimum atomic E-state index is -0.469. The molecule has 0 spiro atoms. The van der Waals surface area contributed by atoms with Crippen molar-refractivity contribution < 1.29 is 13.9 Å². The molecule has 130 valence electrons. The first-order valence-electron chi connectivity index (χ1n) is 7.45. The molecule has 0 radical (unpaired) electrons. The molecule has 5 nitrogen and oxygen atoms in total. The molecule has 1 saturated heterocycles. The van der Waals surface area contributed by atoms with Gasteiger partial charge in [0, 0.05) is 17.5 Å². The predicted octanol–water partition coefficient (Wildman–Crippen LogP) is 3.12. The zero-order valence-corrected chi connectivity index (χ0v) is 14.8. The van der Waals surface area contributed by atoms with Gasteiger partial charge < -0.3 is 10.5 Å². The molecule has 24 heavy (non-hydrogen) atoms. The molecular weight excluding hydrogens is 353 g/mol. The van der Waals surface area contributed by atoms with Crippen molar-refractivity contribution in [2.24, 2.45) is 5.73 Å². The second kappa shape index (κ2) is 8.02. The molecule has 0 aliphatic carbocycles. The fourth-order valence-electron chi connectivity index (χ4n) is 2.53. The summed E-state index contributed by atoms with van der Waals surface area (Å²) < 4.78 is 18.9. The van der Waals surface area contributed by atoms with Crippen molar-refractivity contribution >= 4 is 34.8 Å². The van der Waals surface area contributed by atoms with Gasteiger partial charge in [0.1, 0.15) is 11.9 Å². The van der Waals surface area contributed by atoms with E-state index in [1.807, 2.05) is 5.38 Å². The van der Waals surface area contributed by atoms with E-state index in [1.165, 1.54) is 17.4 Å². The Morgan fingerprint density at radius 1 is 1.50 bits per heavy atom. The number of nitrogens with zero attached hydrogens (tertiary/aromatic N) is 1. The highest BCUT2D eigenvalue weighted by atomic mass is 35.5. The summed E-state index contributed by atoms with van der Waals surface area (Å²) in [6, 6.07) is 4.83. The molecule has 3 N–H and O–H groups in total. The average Bonchev–Trinajstić information content (AvgIpc) is 3.19. The molecule has 1 fully saturated rings. The van der Waals surface area contributed by atoms with Crippen LogP contribution in [0.4, 0.5) is 9.52 Å². The Balaban J connectivity index is 0.00000208. The van der Waals surface area contributed by atoms with Gasteiger partial charge in [0.2, 0.25) is 0 Å². The van der Waals surface area contributed by atoms with Gasteiger partial charge in [-0.15, -0.1) is 23.7 Å². The van der Waals surface area contributed by atoms with Crippen LogP contribution in [0.1, 0.15) is 18.4 Å². The summed E-state index contributed by atoms with van der Waals surface area (Å²) in [7, 11) is 0. The molecule has 8 heteroatoms. The average molecular weight is 372 g/mol. The van der Waals surface area contributed by atoms with E-state index in [1.54, 1.807) is 19.1 Å². The fraction of sp³-hybridized carbons (Fsp3) is 0.375. The molecular formula is C16H19ClFN3O2S. The number of rotatable bonds is 4. The lowest BCUT2D eigenvalue weighted by molar-refractivity contribution is -0.126. The van der Waals surface area contributed by atoms with Gasteiger partial charge in [0.15, 0.2) is 5.13 Å². The smallest absolute Gasteiger partial charge is 0.255 e. The highest BCUT2D eigenvalue weighted by Crippen LogP contribution is 2.27. The molecule has 1 aromatic heterocycles. The Bertz CT molecular complexity index is 725. The van der Waals surface area contributed by atoms with Crippen LogP contribution in [0.5, 0.6) is 0 Å². The van der Waals surface area contributed by atoms with Gasteiger partial charge in [0.25, 0.3) is 5.91 Å². The van der Waals surface area contributed by atoms with Crippen LogP contribution in [0.3, 0.4) is 0 Å². The van der Waals surface area contributed by atoms with Crippen LogP contribution in [-0.2, 0) is 9.53 Å². The SMILES string of the molecule is Cc1cc(-c2csc(NC(=O)[C@@H]3CC[C@H](CN)O3)n2)ccc1F.Cl. The topological polar surface area (TPSA) is 77.2 Å². The third-order valence-corrected chi connectivity index (χ3v) is 4.61. The van der Waals surface area contributed by atoms with Crippen molar-refractivity contribution in [3.63, 3.8) is 0 Å². The van der Waals surface area contributed by atoms with E-state index in [2.05, 4.69) is 10.3 Å². The van der Waals surface area contributed by atoms with Crippen molar-refractivity contribution in [1.29, 1.82) is 0 Å². The number of hydrogen-bond acceptors (Lipinski definition) is 5. The van der Waals surface area contributed by atoms with Crippen LogP contribution in [0.25, 0.3) is 11.3 Å². The van der Waals surface area contributed by atoms with Crippen molar-refractivity contribution in [3.8, 4) is 11.3 Å². The van der Waals surface area contributed by atoms with E-state index in [0.29, 0.717) is 29.4 Å². The minimum absolute atomic E-state index is 0. The molecule has 1 aliphatic heterocycles. The second-order valence-electron chi connectivity index (χ2n) is 5.55. The Morgan fingerprint density at radius 3 is 2.96 bits per heavy atom. The lowest BCUT2D eigenvalue weighted by Gasteiger charge is -2.11. The zero-order valence-electron chi connectivity index (χ0n) is 13.1. The van der Waals surface area contributed by atoms with E-state index >= 15 is 0 Å². The van der Waals surface area contributed by atoms with E-state index in [4.69, 9.17) is 10.5 Å². The van der Waals surface area contributed by atoms with Gasteiger partial charge >= 0.3 is 0 Å². The fourth-order valence-corrected chi connectivity index (χ4v) is 3.25. The van der Waals surface area contributed by atoms with Crippen molar-refractivity contribution in [3.05, 3.63) is 35.0 Å². The number of carbonyl (C=O) groups is 1. The van der Waals surface area contributed by atoms with E-state index < -0.39 is 6.10 Å². The highest BCUT2D eigenvalue weighted by molar-refractivity contribution is 7.14. The molecule has 2 aromatic rings. The summed E-state index contributed by atoms with van der Waals surface area (Å²) >= 11 is 1.33. The van der Waals surface area contributed by atoms with Crippen LogP contribution in [0.2, 0.25) is 0 Å². The number of carbonyl (C=O) groups excluding carboxylic acids is 1. The summed E-state index contributed by atoms with van der Waals surface area (Å²) in [6.45, 7) is 2.13. The van der Waals surface area contributed by atoms with Gasteiger partial charge in [-0.25, -0.2) is 9.37 Å². The summed E-state index contributed by atoms with van der Waals surface area (Å²) in [6.07, 6.45) is 0.958. The Hall–Kier alpha value is -1.54. The predicted molar refractivity (Wildman–Crippen MR) is 95.1 cm³/mol. The molecule has 0 bridgehead atoms. The van der Waals surface area contributed by atoms with Gasteiger partial charge in [-0.05, 0) is 43.5 Å². The monoisotopic (exact) mass is 371 g/mol. The zero-order chi connectivity index (χ0) is 16.4. The van der Waals surface area contributed by atoms with E-state index in [0.717, 1.165) is 12.0 Å². The summed E-state index contributed by atoms with van der Waals surface area (Å²) in [5.41, 5.74) is 7.64. The summed E-state index contributed by atoms with van der Waals surface area (Å²) in [5.74, 6) is -0.442. The largest absolute Gasteiger partial charge is 0.364 e. The molecule has 2 atom stereocenters. The first-order valence-corrected chi connectivity index (χ1v) is 8.33. The van der Waals surface area contributed by atoms with Gasteiger partial charge in [-0.3, -0.25) is 10.1 Å². The van der Waals surface area contributed by atoms with Gasteiger partial charge in [-0.1, -0.05) is 0 Å². The minimum Gasteiger partial charge on any atom is -0.364 e. The number of aromatic nitrogens is 1. The number of benzene rings is 1. The first-order chi connectivity index (χ1) is 11.1. The lowest BCUT2D eigenvalue weighted by atomic mass is 10.1. The van der Waals surface area contributed by atoms with Gasteiger partial charge in [-0.2, -0.15) is 0 Å². The highest BCUT2D eigenvalue weighted by Gasteiger charge is 2.30. The van der Waals surface area contributed by atoms with Crippen molar-refractivity contribution in [1.82, 2.24) is 4.98 Å². The molecule has 1 aliphatic rings. The number of anilines is 1. The third kappa shape index (κ3) is 4.10. The molecule has 3 rings (SSSR count). The third-order valence-electron chi connectivity index (χ3n) is 3.85. The number of hydrogen-bond donors (Lipinski definition) is 2. The maximum absolute atomic E-state index is 13.3. The number of nitrogens with two attached hydrogens (primary N) is 1. The summed E-state index contributed by atoms with van der Waals surface area (Å²) in [5, 5.41) is 5.11. The van der Waals surface area contributed by atoms with Crippen molar-refractivity contribution in [2.45, 2.75) is 32.0 Å². The standard InChI is InChI=1S/C16H18FN3O2S.ClH/c1-9-6-10(2-4-12(9)17)13-8-23-16(19-13)20-15(21)14-5-3-11(7-18)22-14;/h2,4,6,8,11,14H,3,5,7,18H2,1H3,(H,19,20,21);1H/t11-,14+;/m1./s1. The van der Waals surface area contributed by atoms with Crippen LogP contribution >= 0.6 is 23.7 Å². The maximum atomic E-state index is 13.3. The molecule has 0 saturated carbocycles. The molecule has 0 unspecified atom stereocenters. The van der Waals surface area contributed by atoms with E-state index in [-0.39, 0.29) is 30.2 Å². The van der Waals surface area contributed by atoms with Crippen LogP contribution in [0, 0.1) is 12.7 Å². The normalized spacial score (nSPS) is 19.8. The van der Waals surface area contributed by atoms with Gasteiger partial charge in [0.05, 0.1) is 11.8 Å². The Morgan fingerprint density at radius 2 is 2.29 bits per heavy atom. The van der Waals surface area contributed by atoms with Crippen LogP contribution < -0.4 is 11.1 Å². The molecule has 1 aromatic carbocycles. The lowest BCUT2D eigenvalue weighted by Crippen LogP contribution is -2.29. The number of amides is 1. The second-order valence-corrected chi connectivity index (χ2v) is 6.41. The molecule has 2 heterocycles. The van der Waals surface area contributed by atoms with Crippen LogP contribution in [0.15, 0.2) is 23.6 Å². The molecule has 1 amide bonds. The van der Waals surface area contributed by atoms with E-state index in [9.17, 15) is 9.18 Å². The summed E-state index contributed by atoms with van der Waals surface area (Å²) in [4.78, 5) is 16.5. The number of halogens is 2. The number of nitrogens with one attached hydrogen (secondary N) is 1. The number of thiazole rings is 1. The number of ether oxygens (including phenoxy) is 1.